The van der Waals surface area contributed by atoms with Crippen molar-refractivity contribution in [3.05, 3.63) is 35.1 Å². The van der Waals surface area contributed by atoms with Crippen molar-refractivity contribution in [3.63, 3.8) is 0 Å². The van der Waals surface area contributed by atoms with Gasteiger partial charge in [0, 0.05) is 26.2 Å². The molecule has 0 aliphatic carbocycles. The smallest absolute Gasteiger partial charge is 0.338 e. The van der Waals surface area contributed by atoms with Crippen LogP contribution in [0.1, 0.15) is 29.3 Å². The normalized spacial score (nSPS) is 16.1. The maximum Gasteiger partial charge on any atom is 0.416 e. The number of piperazine rings is 1. The first-order valence-corrected chi connectivity index (χ1v) is 7.85. The quantitative estimate of drug-likeness (QED) is 0.796. The highest BCUT2D eigenvalue weighted by atomic mass is 35.5. The second kappa shape index (κ2) is 8.68. The molecule has 2 amide bonds. The summed E-state index contributed by atoms with van der Waals surface area (Å²) in [6, 6.07) is 1.23. The molecule has 0 aromatic heterocycles. The Balaban J connectivity index is 0.00000338. The van der Waals surface area contributed by atoms with Gasteiger partial charge >= 0.3 is 6.18 Å². The molecule has 1 heterocycles. The third kappa shape index (κ3) is 4.85. The highest BCUT2D eigenvalue weighted by Crippen LogP contribution is 2.30. The van der Waals surface area contributed by atoms with Crippen LogP contribution in [0.4, 0.5) is 17.6 Å². The van der Waals surface area contributed by atoms with Crippen molar-refractivity contribution in [3.8, 4) is 0 Å². The maximum absolute atomic E-state index is 13.9. The number of amides is 2. The number of hydrogen-bond acceptors (Lipinski definition) is 3. The van der Waals surface area contributed by atoms with E-state index < -0.39 is 35.1 Å². The Hall–Kier alpha value is -1.87. The summed E-state index contributed by atoms with van der Waals surface area (Å²) in [5.41, 5.74) is 4.12. The van der Waals surface area contributed by atoms with Gasteiger partial charge in [0.25, 0.3) is 5.91 Å². The van der Waals surface area contributed by atoms with Crippen LogP contribution in [0.5, 0.6) is 0 Å². The van der Waals surface area contributed by atoms with E-state index >= 15 is 0 Å². The summed E-state index contributed by atoms with van der Waals surface area (Å²) < 4.78 is 51.6. The van der Waals surface area contributed by atoms with E-state index in [1.54, 1.807) is 6.92 Å². The van der Waals surface area contributed by atoms with Crippen LogP contribution in [-0.4, -0.2) is 53.8 Å². The first-order chi connectivity index (χ1) is 11.6. The fourth-order valence-corrected chi connectivity index (χ4v) is 2.57. The van der Waals surface area contributed by atoms with E-state index in [-0.39, 0.29) is 44.5 Å². The number of nitrogens with zero attached hydrogens (tertiary/aromatic N) is 2. The number of alkyl halides is 3. The van der Waals surface area contributed by atoms with Crippen molar-refractivity contribution in [1.82, 2.24) is 9.80 Å². The lowest BCUT2D eigenvalue weighted by molar-refractivity contribution is -0.137. The predicted octanol–water partition coefficient (Wildman–Crippen LogP) is 2.29. The second-order valence-electron chi connectivity index (χ2n) is 5.82. The van der Waals surface area contributed by atoms with E-state index in [9.17, 15) is 27.2 Å². The molecular weight excluding hydrogens is 378 g/mol. The van der Waals surface area contributed by atoms with E-state index in [4.69, 9.17) is 5.73 Å². The number of carbonyl (C=O) groups is 2. The average molecular weight is 398 g/mol. The molecule has 1 aliphatic heterocycles. The zero-order valence-electron chi connectivity index (χ0n) is 14.1. The molecule has 1 atom stereocenters. The number of halogens is 5. The fraction of sp³-hybridized carbons (Fsp3) is 0.500. The molecule has 146 valence electrons. The summed E-state index contributed by atoms with van der Waals surface area (Å²) >= 11 is 0. The lowest BCUT2D eigenvalue weighted by Gasteiger charge is -2.35. The molecule has 0 radical (unpaired) electrons. The Morgan fingerprint density at radius 1 is 1.15 bits per heavy atom. The van der Waals surface area contributed by atoms with Gasteiger partial charge < -0.3 is 15.5 Å². The van der Waals surface area contributed by atoms with Gasteiger partial charge in [0.1, 0.15) is 5.82 Å². The Kier molecular flexibility index (Phi) is 7.40. The molecule has 0 unspecified atom stereocenters. The minimum absolute atomic E-state index is 0. The number of carbonyl (C=O) groups excluding carboxylic acids is 2. The van der Waals surface area contributed by atoms with Crippen LogP contribution >= 0.6 is 12.4 Å². The lowest BCUT2D eigenvalue weighted by atomic mass is 10.1. The van der Waals surface area contributed by atoms with Crippen LogP contribution in [0.25, 0.3) is 0 Å². The summed E-state index contributed by atoms with van der Waals surface area (Å²) in [5.74, 6) is -2.13. The molecule has 26 heavy (non-hydrogen) atoms. The Labute approximate surface area is 154 Å². The molecule has 1 saturated heterocycles. The summed E-state index contributed by atoms with van der Waals surface area (Å²) in [6.45, 7) is 2.62. The van der Waals surface area contributed by atoms with Gasteiger partial charge in [-0.3, -0.25) is 9.59 Å². The van der Waals surface area contributed by atoms with Crippen LogP contribution in [0.2, 0.25) is 0 Å². The number of benzene rings is 1. The zero-order valence-corrected chi connectivity index (χ0v) is 14.9. The van der Waals surface area contributed by atoms with Crippen LogP contribution < -0.4 is 5.73 Å². The Morgan fingerprint density at radius 3 is 2.15 bits per heavy atom. The average Bonchev–Trinajstić information content (AvgIpc) is 2.59. The zero-order chi connectivity index (χ0) is 18.8. The lowest BCUT2D eigenvalue weighted by Crippen LogP contribution is -2.54. The van der Waals surface area contributed by atoms with Crippen molar-refractivity contribution in [2.24, 2.45) is 5.73 Å². The van der Waals surface area contributed by atoms with Gasteiger partial charge in [0.2, 0.25) is 5.91 Å². The molecule has 2 rings (SSSR count). The largest absolute Gasteiger partial charge is 0.416 e. The van der Waals surface area contributed by atoms with Gasteiger partial charge in [-0.05, 0) is 24.6 Å². The van der Waals surface area contributed by atoms with E-state index in [2.05, 4.69) is 0 Å². The monoisotopic (exact) mass is 397 g/mol. The number of rotatable bonds is 3. The standard InChI is InChI=1S/C16H19F4N3O2.ClH/c1-2-13(21)15(25)23-7-5-22(6-8-23)14(24)11-4-3-10(9-12(11)17)16(18,19)20;/h3-4,9,13H,2,5-8,21H2,1H3;1H/t13-;/m0./s1. The molecule has 1 aromatic carbocycles. The molecule has 10 heteroatoms. The highest BCUT2D eigenvalue weighted by molar-refractivity contribution is 5.94. The van der Waals surface area contributed by atoms with Crippen molar-refractivity contribution < 1.29 is 27.2 Å². The van der Waals surface area contributed by atoms with E-state index in [1.165, 1.54) is 9.80 Å². The molecule has 0 spiro atoms. The summed E-state index contributed by atoms with van der Waals surface area (Å²) in [4.78, 5) is 27.2. The molecule has 0 bridgehead atoms. The van der Waals surface area contributed by atoms with Crippen LogP contribution in [0, 0.1) is 5.82 Å². The molecule has 5 nitrogen and oxygen atoms in total. The minimum atomic E-state index is -4.67. The number of nitrogens with two attached hydrogens (primary N) is 1. The topological polar surface area (TPSA) is 66.6 Å². The van der Waals surface area contributed by atoms with Gasteiger partial charge in [-0.2, -0.15) is 13.2 Å². The van der Waals surface area contributed by atoms with E-state index in [1.807, 2.05) is 0 Å². The van der Waals surface area contributed by atoms with Crippen molar-refractivity contribution in [2.75, 3.05) is 26.2 Å². The summed E-state index contributed by atoms with van der Waals surface area (Å²) in [6.07, 6.45) is -4.18. The fourth-order valence-electron chi connectivity index (χ4n) is 2.57. The third-order valence-corrected chi connectivity index (χ3v) is 4.16. The molecule has 1 fully saturated rings. The van der Waals surface area contributed by atoms with E-state index in [0.717, 1.165) is 6.07 Å². The first-order valence-electron chi connectivity index (χ1n) is 7.85. The summed E-state index contributed by atoms with van der Waals surface area (Å²) in [7, 11) is 0. The SMILES string of the molecule is CC[C@H](N)C(=O)N1CCN(C(=O)c2ccc(C(F)(F)F)cc2F)CC1.Cl. The number of hydrogen-bond donors (Lipinski definition) is 1. The maximum atomic E-state index is 13.9. The van der Waals surface area contributed by atoms with Crippen LogP contribution in [0.15, 0.2) is 18.2 Å². The van der Waals surface area contributed by atoms with Crippen molar-refractivity contribution in [1.29, 1.82) is 0 Å². The van der Waals surface area contributed by atoms with Crippen LogP contribution in [0.3, 0.4) is 0 Å². The second-order valence-corrected chi connectivity index (χ2v) is 5.82. The third-order valence-electron chi connectivity index (χ3n) is 4.16. The molecule has 2 N–H and O–H groups in total. The summed E-state index contributed by atoms with van der Waals surface area (Å²) in [5, 5.41) is 0. The predicted molar refractivity (Wildman–Crippen MR) is 89.4 cm³/mol. The van der Waals surface area contributed by atoms with Gasteiger partial charge in [0.05, 0.1) is 17.2 Å². The van der Waals surface area contributed by atoms with Crippen LogP contribution in [-0.2, 0) is 11.0 Å². The van der Waals surface area contributed by atoms with Gasteiger partial charge in [-0.1, -0.05) is 6.92 Å². The highest BCUT2D eigenvalue weighted by Gasteiger charge is 2.33. The van der Waals surface area contributed by atoms with Gasteiger partial charge in [-0.25, -0.2) is 4.39 Å². The minimum Gasteiger partial charge on any atom is -0.338 e. The van der Waals surface area contributed by atoms with Gasteiger partial charge in [-0.15, -0.1) is 12.4 Å². The molecule has 1 aliphatic rings. The Bertz CT molecular complexity index is 661. The molecular formula is C16H20ClF4N3O2. The van der Waals surface area contributed by atoms with E-state index in [0.29, 0.717) is 18.6 Å². The first kappa shape index (κ1) is 22.2. The van der Waals surface area contributed by atoms with Crippen molar-refractivity contribution >= 4 is 24.2 Å². The molecule has 0 saturated carbocycles. The van der Waals surface area contributed by atoms with Gasteiger partial charge in [0.15, 0.2) is 0 Å². The van der Waals surface area contributed by atoms with Crippen molar-refractivity contribution in [2.45, 2.75) is 25.6 Å². The Morgan fingerprint density at radius 2 is 1.69 bits per heavy atom. The molecule has 1 aromatic rings.